The van der Waals surface area contributed by atoms with Crippen molar-refractivity contribution in [1.82, 2.24) is 0 Å². The summed E-state index contributed by atoms with van der Waals surface area (Å²) in [5.41, 5.74) is 0. The summed E-state index contributed by atoms with van der Waals surface area (Å²) >= 11 is 1.47. The van der Waals surface area contributed by atoms with Gasteiger partial charge < -0.3 is 11.2 Å². The van der Waals surface area contributed by atoms with Crippen molar-refractivity contribution < 1.29 is 37.5 Å². The molecular weight excluding hydrogens is 209 g/mol. The van der Waals surface area contributed by atoms with Gasteiger partial charge in [-0.2, -0.15) is 0 Å². The number of carbonyl (C=O) groups excluding carboxylic acids is 1. The SMILES string of the molecule is CCC1C[CH-]C(=O)S1.[Y+3]. The van der Waals surface area contributed by atoms with Crippen molar-refractivity contribution in [2.45, 2.75) is 25.0 Å². The standard InChI is InChI=1S/C6H9OS.Y/c1-2-5-3-4-6(7)8-5;/h4-5H,2-3H2,1H3;/q-1;+3. The Labute approximate surface area is 85.2 Å². The zero-order valence-corrected chi connectivity index (χ0v) is 9.12. The zero-order valence-electron chi connectivity index (χ0n) is 5.46. The quantitative estimate of drug-likeness (QED) is 0.622. The van der Waals surface area contributed by atoms with E-state index in [4.69, 9.17) is 0 Å². The third kappa shape index (κ3) is 3.06. The minimum atomic E-state index is 0. The zero-order chi connectivity index (χ0) is 5.98. The maximum atomic E-state index is 10.5. The van der Waals surface area contributed by atoms with Crippen LogP contribution in [0.25, 0.3) is 0 Å². The van der Waals surface area contributed by atoms with E-state index >= 15 is 0 Å². The molecular formula is C6H9OSY+2. The molecule has 0 amide bonds. The van der Waals surface area contributed by atoms with Gasteiger partial charge in [-0.1, -0.05) is 6.92 Å². The second-order valence-electron chi connectivity index (χ2n) is 1.91. The van der Waals surface area contributed by atoms with Gasteiger partial charge in [-0.05, 0) is 11.7 Å². The van der Waals surface area contributed by atoms with Crippen LogP contribution in [-0.2, 0) is 37.5 Å². The molecule has 0 radical (unpaired) electrons. The topological polar surface area (TPSA) is 17.1 Å². The van der Waals surface area contributed by atoms with Gasteiger partial charge in [0.2, 0.25) is 0 Å². The molecule has 0 spiro atoms. The maximum Gasteiger partial charge on any atom is 3.00 e. The number of thioether (sulfide) groups is 1. The first-order chi connectivity index (χ1) is 3.83. The average Bonchev–Trinajstić information content (AvgIpc) is 2.14. The summed E-state index contributed by atoms with van der Waals surface area (Å²) in [5, 5.41) is 0.847. The Morgan fingerprint density at radius 3 is 2.78 bits per heavy atom. The smallest absolute Gasteiger partial charge is 0.322 e. The largest absolute Gasteiger partial charge is 3.00 e. The average molecular weight is 218 g/mol. The predicted octanol–water partition coefficient (Wildman–Crippen LogP) is 1.63. The van der Waals surface area contributed by atoms with E-state index in [0.717, 1.165) is 12.8 Å². The van der Waals surface area contributed by atoms with Gasteiger partial charge in [0, 0.05) is 0 Å². The number of hydrogen-bond donors (Lipinski definition) is 0. The first-order valence-corrected chi connectivity index (χ1v) is 3.74. The molecule has 1 rings (SSSR count). The Morgan fingerprint density at radius 1 is 1.89 bits per heavy atom. The minimum absolute atomic E-state index is 0. The Bertz CT molecular complexity index is 105. The second-order valence-corrected chi connectivity index (χ2v) is 3.21. The number of hydrogen-bond acceptors (Lipinski definition) is 2. The summed E-state index contributed by atoms with van der Waals surface area (Å²) in [4.78, 5) is 10.5. The molecule has 1 aliphatic rings. The van der Waals surface area contributed by atoms with Gasteiger partial charge in [0.25, 0.3) is 0 Å². The summed E-state index contributed by atoms with van der Waals surface area (Å²) in [7, 11) is 0. The molecule has 0 aromatic rings. The number of rotatable bonds is 1. The van der Waals surface area contributed by atoms with Crippen LogP contribution < -0.4 is 0 Å². The van der Waals surface area contributed by atoms with Gasteiger partial charge in [0.15, 0.2) is 0 Å². The van der Waals surface area contributed by atoms with Crippen LogP contribution in [0, 0.1) is 6.42 Å². The van der Waals surface area contributed by atoms with E-state index in [1.807, 2.05) is 0 Å². The molecule has 0 bridgehead atoms. The van der Waals surface area contributed by atoms with Crippen molar-refractivity contribution in [3.63, 3.8) is 0 Å². The van der Waals surface area contributed by atoms with E-state index in [9.17, 15) is 4.79 Å². The second kappa shape index (κ2) is 4.76. The molecule has 0 aromatic carbocycles. The van der Waals surface area contributed by atoms with Crippen LogP contribution in [0.1, 0.15) is 19.8 Å². The monoisotopic (exact) mass is 218 g/mol. The minimum Gasteiger partial charge on any atom is -0.322 e. The summed E-state index contributed by atoms with van der Waals surface area (Å²) in [6.45, 7) is 2.12. The van der Waals surface area contributed by atoms with Crippen molar-refractivity contribution in [2.24, 2.45) is 0 Å². The summed E-state index contributed by atoms with van der Waals surface area (Å²) in [5.74, 6) is 0. The van der Waals surface area contributed by atoms with Crippen molar-refractivity contribution in [3.05, 3.63) is 6.42 Å². The van der Waals surface area contributed by atoms with Crippen LogP contribution in [0.4, 0.5) is 0 Å². The van der Waals surface area contributed by atoms with Gasteiger partial charge in [0.05, 0.1) is 5.12 Å². The maximum absolute atomic E-state index is 10.5. The van der Waals surface area contributed by atoms with E-state index in [1.54, 1.807) is 6.42 Å². The summed E-state index contributed by atoms with van der Waals surface area (Å²) < 4.78 is 0. The molecule has 1 atom stereocenters. The first kappa shape index (κ1) is 9.99. The van der Waals surface area contributed by atoms with Crippen molar-refractivity contribution >= 4 is 16.9 Å². The predicted molar refractivity (Wildman–Crippen MR) is 35.6 cm³/mol. The normalized spacial score (nSPS) is 25.0. The van der Waals surface area contributed by atoms with E-state index in [1.165, 1.54) is 11.8 Å². The van der Waals surface area contributed by atoms with E-state index in [0.29, 0.717) is 5.25 Å². The third-order valence-corrected chi connectivity index (χ3v) is 2.54. The molecule has 1 fully saturated rings. The Morgan fingerprint density at radius 2 is 2.56 bits per heavy atom. The third-order valence-electron chi connectivity index (χ3n) is 1.29. The van der Waals surface area contributed by atoms with Crippen LogP contribution in [0.2, 0.25) is 0 Å². The Balaban J connectivity index is 0.000000640. The van der Waals surface area contributed by atoms with Crippen molar-refractivity contribution in [3.8, 4) is 0 Å². The van der Waals surface area contributed by atoms with E-state index in [-0.39, 0.29) is 37.8 Å². The molecule has 1 nitrogen and oxygen atoms in total. The van der Waals surface area contributed by atoms with Crippen molar-refractivity contribution in [2.75, 3.05) is 0 Å². The van der Waals surface area contributed by atoms with E-state index in [2.05, 4.69) is 6.92 Å². The fraction of sp³-hybridized carbons (Fsp3) is 0.667. The van der Waals surface area contributed by atoms with Gasteiger partial charge in [-0.15, -0.1) is 18.2 Å². The van der Waals surface area contributed by atoms with Gasteiger partial charge in [0.1, 0.15) is 0 Å². The Hall–Kier alpha value is 0.994. The molecule has 1 aliphatic heterocycles. The molecule has 3 heteroatoms. The fourth-order valence-electron chi connectivity index (χ4n) is 0.738. The number of carbonyl (C=O) groups is 1. The molecule has 0 aliphatic carbocycles. The molecule has 46 valence electrons. The fourth-order valence-corrected chi connectivity index (χ4v) is 1.62. The van der Waals surface area contributed by atoms with Gasteiger partial charge in [-0.3, -0.25) is 0 Å². The summed E-state index contributed by atoms with van der Waals surface area (Å²) in [6.07, 6.45) is 3.88. The van der Waals surface area contributed by atoms with Crippen LogP contribution >= 0.6 is 11.8 Å². The van der Waals surface area contributed by atoms with Crippen LogP contribution in [-0.4, -0.2) is 10.4 Å². The molecule has 0 saturated carbocycles. The van der Waals surface area contributed by atoms with Crippen LogP contribution in [0.15, 0.2) is 0 Å². The van der Waals surface area contributed by atoms with Crippen molar-refractivity contribution in [1.29, 1.82) is 0 Å². The molecule has 1 saturated heterocycles. The van der Waals surface area contributed by atoms with Gasteiger partial charge in [-0.25, -0.2) is 0 Å². The molecule has 0 aromatic heterocycles. The molecule has 0 N–H and O–H groups in total. The molecule has 1 unspecified atom stereocenters. The molecule has 9 heavy (non-hydrogen) atoms. The van der Waals surface area contributed by atoms with E-state index < -0.39 is 0 Å². The van der Waals surface area contributed by atoms with Crippen LogP contribution in [0.5, 0.6) is 0 Å². The van der Waals surface area contributed by atoms with Gasteiger partial charge >= 0.3 is 32.7 Å². The Kier molecular flexibility index (Phi) is 5.28. The van der Waals surface area contributed by atoms with Crippen LogP contribution in [0.3, 0.4) is 0 Å². The first-order valence-electron chi connectivity index (χ1n) is 2.86. The summed E-state index contributed by atoms with van der Waals surface area (Å²) in [6, 6.07) is 0. The molecule has 1 heterocycles.